The van der Waals surface area contributed by atoms with Crippen molar-refractivity contribution in [2.75, 3.05) is 19.2 Å². The van der Waals surface area contributed by atoms with Crippen LogP contribution in [0.3, 0.4) is 0 Å². The first-order valence-electron chi connectivity index (χ1n) is 17.6. The quantitative estimate of drug-likeness (QED) is 0.160. The van der Waals surface area contributed by atoms with E-state index >= 15 is 9.59 Å². The first kappa shape index (κ1) is 36.2. The topological polar surface area (TPSA) is 117 Å². The van der Waals surface area contributed by atoms with Crippen molar-refractivity contribution in [2.24, 2.45) is 23.7 Å². The molecule has 6 atom stereocenters. The van der Waals surface area contributed by atoms with Crippen LogP contribution in [0, 0.1) is 23.7 Å². The number of nitrogens with zero attached hydrogens (tertiary/aromatic N) is 3. The molecule has 280 valence electrons. The number of halogens is 4. The monoisotopic (exact) mass is 767 g/mol. The molecule has 3 aliphatic carbocycles. The number of hydrogen-bond acceptors (Lipinski definition) is 8. The molecule has 2 fully saturated rings. The second-order valence-electron chi connectivity index (χ2n) is 14.2. The van der Waals surface area contributed by atoms with Crippen LogP contribution < -0.4 is 9.75 Å². The SMILES string of the molecule is COc1cccc([C@H]2C3=CC[C@@H]4C(=O)N(N(C)c5nc(C(F)(F)F)ccc5Cl)C(=O)[C@@H]4[C@@H]3C[C@H]3C(=O)C(c4ccccc4)=CC(=O)[C@@]23c2ccccc2)c1O. The van der Waals surface area contributed by atoms with Gasteiger partial charge in [0.15, 0.2) is 28.9 Å². The van der Waals surface area contributed by atoms with Crippen molar-refractivity contribution in [2.45, 2.75) is 30.4 Å². The van der Waals surface area contributed by atoms with Crippen LogP contribution in [-0.2, 0) is 30.8 Å². The van der Waals surface area contributed by atoms with Gasteiger partial charge in [0, 0.05) is 30.0 Å². The van der Waals surface area contributed by atoms with Crippen LogP contribution in [0.25, 0.3) is 5.57 Å². The number of phenolic OH excluding ortho intramolecular Hbond substituents is 1. The first-order chi connectivity index (χ1) is 26.3. The van der Waals surface area contributed by atoms with E-state index in [1.54, 1.807) is 78.9 Å². The van der Waals surface area contributed by atoms with Crippen LogP contribution in [0.4, 0.5) is 19.0 Å². The van der Waals surface area contributed by atoms with E-state index in [4.69, 9.17) is 16.3 Å². The minimum Gasteiger partial charge on any atom is -0.504 e. The summed E-state index contributed by atoms with van der Waals surface area (Å²) >= 11 is 6.31. The third-order valence-corrected chi connectivity index (χ3v) is 11.9. The summed E-state index contributed by atoms with van der Waals surface area (Å²) in [5.41, 5.74) is -0.682. The Morgan fingerprint density at radius 3 is 2.27 bits per heavy atom. The number of ether oxygens (including phenoxy) is 1. The lowest BCUT2D eigenvalue weighted by Gasteiger charge is -2.55. The lowest BCUT2D eigenvalue weighted by atomic mass is 9.44. The van der Waals surface area contributed by atoms with Crippen LogP contribution >= 0.6 is 11.6 Å². The molecule has 1 aromatic heterocycles. The molecule has 0 radical (unpaired) electrons. The normalized spacial score (nSPS) is 26.1. The molecular weight excluding hydrogens is 735 g/mol. The Morgan fingerprint density at radius 1 is 0.909 bits per heavy atom. The highest BCUT2D eigenvalue weighted by molar-refractivity contribution is 6.33. The summed E-state index contributed by atoms with van der Waals surface area (Å²) in [7, 11) is 2.64. The molecule has 8 rings (SSSR count). The van der Waals surface area contributed by atoms with Gasteiger partial charge in [-0.15, -0.1) is 0 Å². The van der Waals surface area contributed by atoms with E-state index in [2.05, 4.69) is 4.98 Å². The fourth-order valence-corrected chi connectivity index (χ4v) is 9.57. The van der Waals surface area contributed by atoms with Gasteiger partial charge in [0.1, 0.15) is 5.69 Å². The molecule has 0 spiro atoms. The third-order valence-electron chi connectivity index (χ3n) is 11.6. The van der Waals surface area contributed by atoms with Crippen LogP contribution in [0.1, 0.15) is 41.1 Å². The molecule has 2 heterocycles. The van der Waals surface area contributed by atoms with Crippen molar-refractivity contribution < 1.29 is 42.2 Å². The van der Waals surface area contributed by atoms with Crippen molar-refractivity contribution in [3.63, 3.8) is 0 Å². The molecule has 2 amide bonds. The minimum atomic E-state index is -4.82. The molecule has 4 aliphatic rings. The lowest BCUT2D eigenvalue weighted by molar-refractivity contribution is -0.141. The number of anilines is 1. The summed E-state index contributed by atoms with van der Waals surface area (Å²) in [4.78, 5) is 62.8. The Balaban J connectivity index is 1.32. The highest BCUT2D eigenvalue weighted by Crippen LogP contribution is 2.65. The number of allylic oxidation sites excluding steroid dienone is 4. The van der Waals surface area contributed by atoms with Gasteiger partial charge in [-0.1, -0.05) is 96.0 Å². The van der Waals surface area contributed by atoms with Gasteiger partial charge in [-0.25, -0.2) is 4.98 Å². The smallest absolute Gasteiger partial charge is 0.433 e. The number of aromatic hydroxyl groups is 1. The molecule has 1 N–H and O–H groups in total. The Kier molecular flexibility index (Phi) is 8.71. The zero-order valence-corrected chi connectivity index (χ0v) is 30.2. The number of carbonyl (C=O) groups excluding carboxylic acids is 4. The van der Waals surface area contributed by atoms with E-state index in [1.807, 2.05) is 6.08 Å². The zero-order valence-electron chi connectivity index (χ0n) is 29.5. The largest absolute Gasteiger partial charge is 0.504 e. The number of amides is 2. The molecule has 1 saturated carbocycles. The minimum absolute atomic E-state index is 0.0169. The molecule has 55 heavy (non-hydrogen) atoms. The number of phenols is 1. The molecule has 13 heteroatoms. The fraction of sp³-hybridized carbons (Fsp3) is 0.262. The number of methoxy groups -OCH3 is 1. The molecule has 9 nitrogen and oxygen atoms in total. The Hall–Kier alpha value is -5.75. The highest BCUT2D eigenvalue weighted by Gasteiger charge is 2.66. The zero-order chi connectivity index (χ0) is 39.0. The number of Topliss-reactive ketones (excluding diaryl/α,β-unsaturated/α-hetero) is 1. The summed E-state index contributed by atoms with van der Waals surface area (Å²) in [6, 6.07) is 24.3. The number of benzene rings is 3. The van der Waals surface area contributed by atoms with Gasteiger partial charge in [-0.2, -0.15) is 18.2 Å². The maximum atomic E-state index is 15.2. The summed E-state index contributed by atoms with van der Waals surface area (Å²) in [5.74, 6) is -7.54. The Bertz CT molecular complexity index is 2330. The summed E-state index contributed by atoms with van der Waals surface area (Å²) in [5, 5.41) is 13.3. The standard InChI is InChI=1S/C42H33ClF3N3O6/c1-48(38-30(43)18-19-32(47-38)42(44,45)46)49-39(53)25-17-16-24-28(34(25)40(49)54)20-29-36(51)27(22-10-5-3-6-11-22)21-33(50)41(29,23-12-7-4-8-13-23)35(24)26-14-9-15-31(55-2)37(26)52/h3-16,18-19,21,25,28-29,34-35,52H,17,20H2,1-2H3/t25-,28+,29-,34-,35+,41-/m0/s1. The van der Waals surface area contributed by atoms with Gasteiger partial charge in [-0.3, -0.25) is 24.2 Å². The number of carbonyl (C=O) groups is 4. The fourth-order valence-electron chi connectivity index (χ4n) is 9.35. The van der Waals surface area contributed by atoms with Gasteiger partial charge < -0.3 is 9.84 Å². The second kappa shape index (κ2) is 13.2. The summed E-state index contributed by atoms with van der Waals surface area (Å²) in [6.07, 6.45) is -1.60. The maximum Gasteiger partial charge on any atom is 0.433 e. The molecule has 1 saturated heterocycles. The van der Waals surface area contributed by atoms with Gasteiger partial charge >= 0.3 is 6.18 Å². The lowest BCUT2D eigenvalue weighted by Crippen LogP contribution is -2.59. The first-order valence-corrected chi connectivity index (χ1v) is 18.0. The molecular formula is C42H33ClF3N3O6. The van der Waals surface area contributed by atoms with E-state index in [0.29, 0.717) is 28.3 Å². The predicted molar refractivity (Wildman–Crippen MR) is 196 cm³/mol. The van der Waals surface area contributed by atoms with Gasteiger partial charge in [0.2, 0.25) is 0 Å². The maximum absolute atomic E-state index is 15.2. The molecule has 0 unspecified atom stereocenters. The highest BCUT2D eigenvalue weighted by atomic mass is 35.5. The van der Waals surface area contributed by atoms with E-state index in [0.717, 1.165) is 16.1 Å². The molecule has 1 aliphatic heterocycles. The van der Waals surface area contributed by atoms with E-state index in [1.165, 1.54) is 20.2 Å². The van der Waals surface area contributed by atoms with Crippen molar-refractivity contribution in [3.8, 4) is 11.5 Å². The number of fused-ring (bicyclic) bond motifs is 4. The number of hydrazine groups is 1. The van der Waals surface area contributed by atoms with E-state index in [-0.39, 0.29) is 46.5 Å². The third kappa shape index (κ3) is 5.40. The number of pyridine rings is 1. The van der Waals surface area contributed by atoms with Crippen molar-refractivity contribution in [3.05, 3.63) is 136 Å². The molecule has 4 aromatic rings. The molecule has 3 aromatic carbocycles. The van der Waals surface area contributed by atoms with Crippen LogP contribution in [-0.4, -0.2) is 52.6 Å². The predicted octanol–water partition coefficient (Wildman–Crippen LogP) is 7.34. The summed E-state index contributed by atoms with van der Waals surface area (Å²) < 4.78 is 46.6. The number of aromatic nitrogens is 1. The van der Waals surface area contributed by atoms with Gasteiger partial charge in [0.05, 0.1) is 29.4 Å². The van der Waals surface area contributed by atoms with Crippen LogP contribution in [0.5, 0.6) is 11.5 Å². The van der Waals surface area contributed by atoms with Crippen molar-refractivity contribution >= 4 is 46.4 Å². The average molecular weight is 768 g/mol. The number of hydrogen-bond donors (Lipinski definition) is 1. The molecule has 0 bridgehead atoms. The summed E-state index contributed by atoms with van der Waals surface area (Å²) in [6.45, 7) is 0. The van der Waals surface area contributed by atoms with Crippen molar-refractivity contribution in [1.82, 2.24) is 9.99 Å². The average Bonchev–Trinajstić information content (AvgIpc) is 3.44. The Labute approximate surface area is 318 Å². The second-order valence-corrected chi connectivity index (χ2v) is 14.6. The van der Waals surface area contributed by atoms with Gasteiger partial charge in [0.25, 0.3) is 11.8 Å². The van der Waals surface area contributed by atoms with Gasteiger partial charge in [-0.05, 0) is 54.2 Å². The van der Waals surface area contributed by atoms with E-state index in [9.17, 15) is 27.9 Å². The number of rotatable bonds is 6. The van der Waals surface area contributed by atoms with E-state index < -0.39 is 64.5 Å². The Morgan fingerprint density at radius 2 is 1.60 bits per heavy atom. The van der Waals surface area contributed by atoms with Crippen LogP contribution in [0.2, 0.25) is 5.02 Å². The van der Waals surface area contributed by atoms with Crippen LogP contribution in [0.15, 0.2) is 109 Å². The number of para-hydroxylation sites is 1. The number of ketones is 2. The van der Waals surface area contributed by atoms with Crippen molar-refractivity contribution in [1.29, 1.82) is 0 Å². The number of imide groups is 1. The number of alkyl halides is 3.